The van der Waals surface area contributed by atoms with Gasteiger partial charge in [0.1, 0.15) is 6.61 Å². The summed E-state index contributed by atoms with van der Waals surface area (Å²) in [7, 11) is 0. The maximum atomic E-state index is 5.55. The number of rotatable bonds is 4. The summed E-state index contributed by atoms with van der Waals surface area (Å²) in [5.41, 5.74) is 8.42. The molecule has 2 rings (SSSR count). The van der Waals surface area contributed by atoms with Gasteiger partial charge < -0.3 is 10.5 Å². The van der Waals surface area contributed by atoms with Gasteiger partial charge in [-0.1, -0.05) is 28.1 Å². The van der Waals surface area contributed by atoms with E-state index in [1.165, 1.54) is 0 Å². The summed E-state index contributed by atoms with van der Waals surface area (Å²) < 4.78 is 6.58. The van der Waals surface area contributed by atoms with Crippen LogP contribution < -0.4 is 10.5 Å². The molecule has 2 N–H and O–H groups in total. The maximum Gasteiger partial charge on any atom is 0.316 e. The summed E-state index contributed by atoms with van der Waals surface area (Å²) >= 11 is 3.39. The van der Waals surface area contributed by atoms with Gasteiger partial charge in [0.25, 0.3) is 0 Å². The fraction of sp³-hybridized carbons (Fsp3) is 0.231. The van der Waals surface area contributed by atoms with Crippen LogP contribution in [-0.2, 0) is 13.2 Å². The highest BCUT2D eigenvalue weighted by Gasteiger charge is 2.03. The molecule has 0 saturated heterocycles. The number of hydrogen-bond acceptors (Lipinski definition) is 4. The first-order valence-corrected chi connectivity index (χ1v) is 6.38. The van der Waals surface area contributed by atoms with Crippen LogP contribution in [0.3, 0.4) is 0 Å². The Morgan fingerprint density at radius 3 is 2.61 bits per heavy atom. The van der Waals surface area contributed by atoms with Crippen molar-refractivity contribution in [2.75, 3.05) is 0 Å². The van der Waals surface area contributed by atoms with Crippen molar-refractivity contribution >= 4 is 15.9 Å². The lowest BCUT2D eigenvalue weighted by molar-refractivity contribution is 0.279. The zero-order valence-corrected chi connectivity index (χ0v) is 11.6. The third-order valence-corrected chi connectivity index (χ3v) is 3.09. The van der Waals surface area contributed by atoms with Crippen molar-refractivity contribution in [3.63, 3.8) is 0 Å². The van der Waals surface area contributed by atoms with Crippen molar-refractivity contribution in [1.29, 1.82) is 0 Å². The first-order chi connectivity index (χ1) is 8.69. The van der Waals surface area contributed by atoms with Crippen LogP contribution in [0.4, 0.5) is 0 Å². The van der Waals surface area contributed by atoms with Crippen molar-refractivity contribution < 1.29 is 4.74 Å². The van der Waals surface area contributed by atoms with E-state index in [-0.39, 0.29) is 0 Å². The van der Waals surface area contributed by atoms with E-state index in [2.05, 4.69) is 25.9 Å². The second-order valence-electron chi connectivity index (χ2n) is 3.88. The number of aryl methyl sites for hydroxylation is 1. The molecular weight excluding hydrogens is 294 g/mol. The highest BCUT2D eigenvalue weighted by atomic mass is 79.9. The van der Waals surface area contributed by atoms with Crippen molar-refractivity contribution in [2.45, 2.75) is 20.1 Å². The van der Waals surface area contributed by atoms with Gasteiger partial charge in [0.2, 0.25) is 0 Å². The molecule has 4 nitrogen and oxygen atoms in total. The first-order valence-electron chi connectivity index (χ1n) is 5.59. The average Bonchev–Trinajstić information content (AvgIpc) is 2.38. The minimum Gasteiger partial charge on any atom is -0.459 e. The minimum absolute atomic E-state index is 0.382. The van der Waals surface area contributed by atoms with Crippen molar-refractivity contribution in [3.05, 3.63) is 51.8 Å². The highest BCUT2D eigenvalue weighted by Crippen LogP contribution is 2.13. The molecule has 0 aliphatic heterocycles. The first kappa shape index (κ1) is 13.0. The van der Waals surface area contributed by atoms with Crippen LogP contribution in [0.15, 0.2) is 34.9 Å². The van der Waals surface area contributed by atoms with Gasteiger partial charge in [0, 0.05) is 28.5 Å². The predicted molar refractivity (Wildman–Crippen MR) is 73.1 cm³/mol. The lowest BCUT2D eigenvalue weighted by Gasteiger charge is -2.07. The molecule has 0 unspecified atom stereocenters. The zero-order chi connectivity index (χ0) is 13.0. The van der Waals surface area contributed by atoms with E-state index in [1.54, 1.807) is 6.20 Å². The third kappa shape index (κ3) is 3.27. The standard InChI is InChI=1S/C13H14BrN3O/c1-9-11(6-15)7-16-13(17-9)18-8-10-2-4-12(14)5-3-10/h2-5,7H,6,8,15H2,1H3. The summed E-state index contributed by atoms with van der Waals surface area (Å²) in [6.45, 7) is 2.80. The fourth-order valence-electron chi connectivity index (χ4n) is 1.47. The molecule has 1 aromatic heterocycles. The zero-order valence-electron chi connectivity index (χ0n) is 10.1. The molecule has 0 atom stereocenters. The molecule has 1 heterocycles. The van der Waals surface area contributed by atoms with E-state index >= 15 is 0 Å². The van der Waals surface area contributed by atoms with Crippen LogP contribution in [-0.4, -0.2) is 9.97 Å². The molecule has 5 heteroatoms. The van der Waals surface area contributed by atoms with Gasteiger partial charge in [-0.05, 0) is 24.6 Å². The molecular formula is C13H14BrN3O. The Labute approximate surface area is 114 Å². The highest BCUT2D eigenvalue weighted by molar-refractivity contribution is 9.10. The Balaban J connectivity index is 2.02. The summed E-state index contributed by atoms with van der Waals surface area (Å²) in [5.74, 6) is 0. The molecule has 0 spiro atoms. The van der Waals surface area contributed by atoms with Gasteiger partial charge in [0.15, 0.2) is 0 Å². The Morgan fingerprint density at radius 1 is 1.28 bits per heavy atom. The van der Waals surface area contributed by atoms with Crippen LogP contribution >= 0.6 is 15.9 Å². The molecule has 94 valence electrons. The van der Waals surface area contributed by atoms with E-state index in [0.29, 0.717) is 19.2 Å². The van der Waals surface area contributed by atoms with Gasteiger partial charge in [-0.25, -0.2) is 9.97 Å². The van der Waals surface area contributed by atoms with Crippen LogP contribution in [0, 0.1) is 6.92 Å². The fourth-order valence-corrected chi connectivity index (χ4v) is 1.73. The third-order valence-electron chi connectivity index (χ3n) is 2.56. The number of nitrogens with two attached hydrogens (primary N) is 1. The molecule has 1 aromatic carbocycles. The molecule has 0 aliphatic carbocycles. The van der Waals surface area contributed by atoms with E-state index < -0.39 is 0 Å². The van der Waals surface area contributed by atoms with Crippen LogP contribution in [0.5, 0.6) is 6.01 Å². The lowest BCUT2D eigenvalue weighted by Crippen LogP contribution is -2.05. The number of hydrogen-bond donors (Lipinski definition) is 1. The minimum atomic E-state index is 0.382. The molecule has 0 saturated carbocycles. The molecule has 2 aromatic rings. The summed E-state index contributed by atoms with van der Waals surface area (Å²) in [4.78, 5) is 8.37. The van der Waals surface area contributed by atoms with Gasteiger partial charge in [-0.3, -0.25) is 0 Å². The van der Waals surface area contributed by atoms with E-state index in [9.17, 15) is 0 Å². The molecule has 0 radical (unpaired) electrons. The summed E-state index contributed by atoms with van der Waals surface area (Å²) in [5, 5.41) is 0. The number of nitrogens with zero attached hydrogens (tertiary/aromatic N) is 2. The van der Waals surface area contributed by atoms with Crippen LogP contribution in [0.1, 0.15) is 16.8 Å². The van der Waals surface area contributed by atoms with Crippen LogP contribution in [0.2, 0.25) is 0 Å². The van der Waals surface area contributed by atoms with E-state index in [4.69, 9.17) is 10.5 Å². The maximum absolute atomic E-state index is 5.55. The monoisotopic (exact) mass is 307 g/mol. The SMILES string of the molecule is Cc1nc(OCc2ccc(Br)cc2)ncc1CN. The number of halogens is 1. The Kier molecular flexibility index (Phi) is 4.28. The molecule has 0 fully saturated rings. The Morgan fingerprint density at radius 2 is 2.00 bits per heavy atom. The Bertz CT molecular complexity index is 528. The van der Waals surface area contributed by atoms with Gasteiger partial charge in [0.05, 0.1) is 0 Å². The molecule has 0 bridgehead atoms. The van der Waals surface area contributed by atoms with Crippen molar-refractivity contribution in [1.82, 2.24) is 9.97 Å². The summed E-state index contributed by atoms with van der Waals surface area (Å²) in [6.07, 6.45) is 1.71. The molecule has 18 heavy (non-hydrogen) atoms. The van der Waals surface area contributed by atoms with Gasteiger partial charge >= 0.3 is 6.01 Å². The Hall–Kier alpha value is -1.46. The predicted octanol–water partition coefficient (Wildman–Crippen LogP) is 2.59. The smallest absolute Gasteiger partial charge is 0.316 e. The molecule has 0 aliphatic rings. The topological polar surface area (TPSA) is 61.0 Å². The van der Waals surface area contributed by atoms with Gasteiger partial charge in [-0.15, -0.1) is 0 Å². The van der Waals surface area contributed by atoms with Crippen molar-refractivity contribution in [2.24, 2.45) is 5.73 Å². The number of ether oxygens (including phenoxy) is 1. The normalized spacial score (nSPS) is 10.4. The largest absolute Gasteiger partial charge is 0.459 e. The van der Waals surface area contributed by atoms with Crippen molar-refractivity contribution in [3.8, 4) is 6.01 Å². The van der Waals surface area contributed by atoms with Gasteiger partial charge in [-0.2, -0.15) is 0 Å². The second-order valence-corrected chi connectivity index (χ2v) is 4.80. The quantitative estimate of drug-likeness (QED) is 0.943. The van der Waals surface area contributed by atoms with E-state index in [0.717, 1.165) is 21.3 Å². The summed E-state index contributed by atoms with van der Waals surface area (Å²) in [6, 6.07) is 8.31. The van der Waals surface area contributed by atoms with E-state index in [1.807, 2.05) is 31.2 Å². The lowest BCUT2D eigenvalue weighted by atomic mass is 10.2. The van der Waals surface area contributed by atoms with Crippen LogP contribution in [0.25, 0.3) is 0 Å². The average molecular weight is 308 g/mol. The molecule has 0 amide bonds. The number of aromatic nitrogens is 2. The number of benzene rings is 1. The second kappa shape index (κ2) is 5.93.